The molecule has 28 heavy (non-hydrogen) atoms. The quantitative estimate of drug-likeness (QED) is 0.236. The summed E-state index contributed by atoms with van der Waals surface area (Å²) < 4.78 is 0. The van der Waals surface area contributed by atoms with Crippen LogP contribution < -0.4 is 11.5 Å². The molecule has 1 aromatic carbocycles. The van der Waals surface area contributed by atoms with Crippen molar-refractivity contribution in [2.75, 3.05) is 11.5 Å². The van der Waals surface area contributed by atoms with E-state index in [2.05, 4.69) is 4.99 Å². The fraction of sp³-hybridized carbons (Fsp3) is 0.389. The van der Waals surface area contributed by atoms with Crippen molar-refractivity contribution < 1.29 is 4.79 Å². The topological polar surface area (TPSA) is 153 Å². The zero-order chi connectivity index (χ0) is 21.1. The van der Waals surface area contributed by atoms with Crippen molar-refractivity contribution in [1.82, 2.24) is 0 Å². The van der Waals surface area contributed by atoms with Crippen LogP contribution in [0.3, 0.4) is 0 Å². The molecule has 1 amide bonds. The highest BCUT2D eigenvalue weighted by molar-refractivity contribution is 8.26. The Labute approximate surface area is 178 Å². The third-order valence-corrected chi connectivity index (χ3v) is 6.06. The minimum atomic E-state index is -0.381. The molecule has 0 aliphatic carbocycles. The molecule has 1 atom stereocenters. The molecule has 1 unspecified atom stereocenters. The minimum absolute atomic E-state index is 0.0748. The molecule has 0 heterocycles. The van der Waals surface area contributed by atoms with Crippen molar-refractivity contribution >= 4 is 61.6 Å². The predicted molar refractivity (Wildman–Crippen MR) is 125 cm³/mol. The summed E-state index contributed by atoms with van der Waals surface area (Å²) in [5, 5.41) is 23.4. The van der Waals surface area contributed by atoms with Gasteiger partial charge in [-0.05, 0) is 60.0 Å². The van der Waals surface area contributed by atoms with E-state index in [1.54, 1.807) is 18.7 Å². The Balaban J connectivity index is 2.37. The van der Waals surface area contributed by atoms with E-state index in [-0.39, 0.29) is 22.2 Å². The van der Waals surface area contributed by atoms with Crippen LogP contribution in [0.25, 0.3) is 0 Å². The lowest BCUT2D eigenvalue weighted by Crippen LogP contribution is -2.16. The van der Waals surface area contributed by atoms with Crippen molar-refractivity contribution in [2.45, 2.75) is 32.6 Å². The van der Waals surface area contributed by atoms with E-state index in [1.165, 1.54) is 0 Å². The zero-order valence-corrected chi connectivity index (χ0v) is 18.4. The summed E-state index contributed by atoms with van der Waals surface area (Å²) in [5.74, 6) is 0.744. The van der Waals surface area contributed by atoms with Crippen LogP contribution in [0, 0.1) is 23.2 Å². The lowest BCUT2D eigenvalue weighted by molar-refractivity contribution is -0.118. The van der Waals surface area contributed by atoms with Gasteiger partial charge in [0.1, 0.15) is 0 Å². The van der Waals surface area contributed by atoms with E-state index in [1.807, 2.05) is 31.2 Å². The van der Waals surface area contributed by atoms with Crippen molar-refractivity contribution in [1.29, 1.82) is 16.2 Å². The molecule has 152 valence electrons. The molecule has 0 spiro atoms. The molecular formula is C18H26N6OS3. The van der Waals surface area contributed by atoms with Gasteiger partial charge in [-0.3, -0.25) is 21.0 Å². The normalized spacial score (nSPS) is 12.4. The number of aryl methyl sites for hydroxylation is 1. The van der Waals surface area contributed by atoms with E-state index in [0.29, 0.717) is 28.7 Å². The van der Waals surface area contributed by atoms with Crippen molar-refractivity contribution in [3.05, 3.63) is 35.4 Å². The molecular weight excluding hydrogens is 412 g/mol. The van der Waals surface area contributed by atoms with Crippen LogP contribution in [-0.2, 0) is 4.79 Å². The first-order chi connectivity index (χ1) is 13.2. The number of thioether (sulfide) groups is 3. The number of carbonyl (C=O) groups is 1. The number of amides is 1. The molecule has 0 aliphatic rings. The van der Waals surface area contributed by atoms with E-state index < -0.39 is 0 Å². The molecule has 0 bridgehead atoms. The number of amidine groups is 2. The SMILES string of the molecule is Cc1ccccc1C(C)C(=O)N=C(N)SC(=N)CCSCCC(=N)SC(=N)N. The van der Waals surface area contributed by atoms with Gasteiger partial charge in [-0.1, -0.05) is 24.3 Å². The predicted octanol–water partition coefficient (Wildman–Crippen LogP) is 3.77. The smallest absolute Gasteiger partial charge is 0.255 e. The van der Waals surface area contributed by atoms with Crippen molar-refractivity contribution in [2.24, 2.45) is 16.5 Å². The molecule has 1 rings (SSSR count). The molecule has 0 saturated carbocycles. The highest BCUT2D eigenvalue weighted by Crippen LogP contribution is 2.21. The number of aliphatic imine (C=N–C) groups is 1. The second-order valence-electron chi connectivity index (χ2n) is 5.89. The number of nitrogens with two attached hydrogens (primary N) is 2. The molecule has 1 aromatic rings. The average Bonchev–Trinajstić information content (AvgIpc) is 2.60. The summed E-state index contributed by atoms with van der Waals surface area (Å²) >= 11 is 3.57. The maximum atomic E-state index is 12.3. The summed E-state index contributed by atoms with van der Waals surface area (Å²) in [7, 11) is 0. The Bertz CT molecular complexity index is 765. The van der Waals surface area contributed by atoms with Crippen LogP contribution in [0.4, 0.5) is 0 Å². The average molecular weight is 439 g/mol. The van der Waals surface area contributed by atoms with Gasteiger partial charge in [-0.25, -0.2) is 0 Å². The van der Waals surface area contributed by atoms with Crippen LogP contribution in [0.1, 0.15) is 36.8 Å². The number of hydrogen-bond acceptors (Lipinski definition) is 7. The van der Waals surface area contributed by atoms with Crippen LogP contribution in [0.15, 0.2) is 29.3 Å². The van der Waals surface area contributed by atoms with Gasteiger partial charge in [0, 0.05) is 12.8 Å². The highest BCUT2D eigenvalue weighted by Gasteiger charge is 2.17. The third kappa shape index (κ3) is 9.43. The van der Waals surface area contributed by atoms with Gasteiger partial charge in [0.25, 0.3) is 5.91 Å². The van der Waals surface area contributed by atoms with Gasteiger partial charge in [-0.15, -0.1) is 0 Å². The second-order valence-corrected chi connectivity index (χ2v) is 9.37. The van der Waals surface area contributed by atoms with E-state index in [0.717, 1.165) is 40.4 Å². The Morgan fingerprint density at radius 3 is 2.21 bits per heavy atom. The van der Waals surface area contributed by atoms with E-state index in [4.69, 9.17) is 27.7 Å². The summed E-state index contributed by atoms with van der Waals surface area (Å²) in [4.78, 5) is 16.3. The number of hydrogen-bond donors (Lipinski definition) is 5. The minimum Gasteiger partial charge on any atom is -0.378 e. The molecule has 0 saturated heterocycles. The van der Waals surface area contributed by atoms with E-state index >= 15 is 0 Å². The molecule has 7 nitrogen and oxygen atoms in total. The van der Waals surface area contributed by atoms with Gasteiger partial charge >= 0.3 is 0 Å². The summed E-state index contributed by atoms with van der Waals surface area (Å²) in [5.41, 5.74) is 13.0. The first-order valence-corrected chi connectivity index (χ1v) is 11.3. The number of nitrogens with one attached hydrogen (secondary N) is 3. The first-order valence-electron chi connectivity index (χ1n) is 8.56. The molecule has 10 heteroatoms. The van der Waals surface area contributed by atoms with Crippen molar-refractivity contribution in [3.63, 3.8) is 0 Å². The number of carbonyl (C=O) groups excluding carboxylic acids is 1. The van der Waals surface area contributed by atoms with Gasteiger partial charge in [0.05, 0.1) is 16.0 Å². The third-order valence-electron chi connectivity index (χ3n) is 3.65. The Kier molecular flexibility index (Phi) is 10.9. The number of rotatable bonds is 8. The van der Waals surface area contributed by atoms with Crippen molar-refractivity contribution in [3.8, 4) is 0 Å². The summed E-state index contributed by atoms with van der Waals surface area (Å²) in [6.45, 7) is 3.75. The van der Waals surface area contributed by atoms with Gasteiger partial charge in [0.15, 0.2) is 10.3 Å². The maximum absolute atomic E-state index is 12.3. The van der Waals surface area contributed by atoms with E-state index in [9.17, 15) is 4.79 Å². The standard InChI is InChI=1S/C18H26N6OS3/c1-11-5-3-4-6-13(11)12(2)16(25)24-18(23)28-15(20)8-10-26-9-7-14(19)27-17(21)22/h3-6,12,19-20H,7-10H2,1-2H3,(H3,21,22)(H2,23,24,25). The van der Waals surface area contributed by atoms with Crippen LogP contribution >= 0.6 is 35.3 Å². The monoisotopic (exact) mass is 438 g/mol. The van der Waals surface area contributed by atoms with Gasteiger partial charge < -0.3 is 11.5 Å². The number of benzene rings is 1. The maximum Gasteiger partial charge on any atom is 0.255 e. The Morgan fingerprint density at radius 1 is 1.07 bits per heavy atom. The highest BCUT2D eigenvalue weighted by atomic mass is 32.2. The fourth-order valence-corrected chi connectivity index (χ4v) is 4.45. The number of nitrogens with zero attached hydrogens (tertiary/aromatic N) is 1. The second kappa shape index (κ2) is 12.6. The molecule has 0 fully saturated rings. The first kappa shape index (κ1) is 24.3. The summed E-state index contributed by atoms with van der Waals surface area (Å²) in [6, 6.07) is 7.68. The Morgan fingerprint density at radius 2 is 1.64 bits per heavy atom. The van der Waals surface area contributed by atoms with Gasteiger partial charge in [0.2, 0.25) is 0 Å². The lowest BCUT2D eigenvalue weighted by atomic mass is 9.96. The zero-order valence-electron chi connectivity index (χ0n) is 16.0. The summed E-state index contributed by atoms with van der Waals surface area (Å²) in [6.07, 6.45) is 1.06. The fourth-order valence-electron chi connectivity index (χ4n) is 2.23. The van der Waals surface area contributed by atoms with Crippen LogP contribution in [0.5, 0.6) is 0 Å². The molecule has 7 N–H and O–H groups in total. The van der Waals surface area contributed by atoms with Crippen LogP contribution in [0.2, 0.25) is 0 Å². The van der Waals surface area contributed by atoms with Gasteiger partial charge in [-0.2, -0.15) is 16.8 Å². The Hall–Kier alpha value is -1.78. The lowest BCUT2D eigenvalue weighted by Gasteiger charge is -2.11. The van der Waals surface area contributed by atoms with Crippen LogP contribution in [-0.4, -0.2) is 37.8 Å². The molecule has 0 radical (unpaired) electrons. The largest absolute Gasteiger partial charge is 0.378 e. The molecule has 0 aliphatic heterocycles. The molecule has 0 aromatic heterocycles.